The van der Waals surface area contributed by atoms with Gasteiger partial charge < -0.3 is 19.9 Å². The van der Waals surface area contributed by atoms with Crippen LogP contribution < -0.4 is 15.2 Å². The molecule has 21 heavy (non-hydrogen) atoms. The van der Waals surface area contributed by atoms with Crippen LogP contribution in [0.2, 0.25) is 0 Å². The topological polar surface area (TPSA) is 77.6 Å². The van der Waals surface area contributed by atoms with Gasteiger partial charge in [0.1, 0.15) is 12.4 Å². The number of nitrogen functional groups attached to an aromatic ring is 1. The molecule has 0 heterocycles. The van der Waals surface area contributed by atoms with E-state index < -0.39 is 0 Å². The third-order valence-corrected chi connectivity index (χ3v) is 2.88. The summed E-state index contributed by atoms with van der Waals surface area (Å²) in [5.74, 6) is 1.91. The van der Waals surface area contributed by atoms with Gasteiger partial charge in [0.2, 0.25) is 0 Å². The number of hydrogen-bond acceptors (Lipinski definition) is 4. The minimum absolute atomic E-state index is 0.0134. The third kappa shape index (κ3) is 6.49. The highest BCUT2D eigenvalue weighted by atomic mass is 16.5. The van der Waals surface area contributed by atoms with Crippen molar-refractivity contribution in [3.8, 4) is 11.5 Å². The zero-order chi connectivity index (χ0) is 15.7. The summed E-state index contributed by atoms with van der Waals surface area (Å²) in [6.45, 7) is 8.55. The lowest BCUT2D eigenvalue weighted by Crippen LogP contribution is -2.12. The molecular formula is C16H26N2O3. The molecule has 0 fully saturated rings. The van der Waals surface area contributed by atoms with E-state index in [1.165, 1.54) is 0 Å². The van der Waals surface area contributed by atoms with Crippen LogP contribution in [-0.4, -0.2) is 32.3 Å². The fraction of sp³-hybridized carbons (Fsp3) is 0.562. The van der Waals surface area contributed by atoms with Gasteiger partial charge in [0.15, 0.2) is 11.5 Å². The first-order chi connectivity index (χ1) is 10.0. The average Bonchev–Trinajstić information content (AvgIpc) is 2.43. The van der Waals surface area contributed by atoms with Crippen molar-refractivity contribution in [2.24, 2.45) is 11.7 Å². The Morgan fingerprint density at radius 1 is 1.14 bits per heavy atom. The molecule has 0 aromatic heterocycles. The highest BCUT2D eigenvalue weighted by molar-refractivity contribution is 5.95. The molecule has 0 amide bonds. The van der Waals surface area contributed by atoms with Crippen molar-refractivity contribution in [2.75, 3.05) is 26.4 Å². The number of hydrogen-bond donors (Lipinski definition) is 2. The van der Waals surface area contributed by atoms with Crippen LogP contribution in [0.5, 0.6) is 11.5 Å². The van der Waals surface area contributed by atoms with Crippen molar-refractivity contribution in [1.29, 1.82) is 5.41 Å². The lowest BCUT2D eigenvalue weighted by molar-refractivity contribution is 0.0914. The Hall–Kier alpha value is -1.75. The molecule has 1 rings (SSSR count). The van der Waals surface area contributed by atoms with Gasteiger partial charge in [-0.3, -0.25) is 5.41 Å². The third-order valence-electron chi connectivity index (χ3n) is 2.88. The van der Waals surface area contributed by atoms with Crippen molar-refractivity contribution in [1.82, 2.24) is 0 Å². The molecule has 0 spiro atoms. The number of ether oxygens (including phenoxy) is 3. The molecule has 0 aliphatic carbocycles. The number of nitrogens with one attached hydrogen (secondary N) is 1. The van der Waals surface area contributed by atoms with E-state index in [0.717, 1.165) is 13.0 Å². The number of amidine groups is 1. The summed E-state index contributed by atoms with van der Waals surface area (Å²) in [5, 5.41) is 7.44. The summed E-state index contributed by atoms with van der Waals surface area (Å²) in [7, 11) is 0. The Balaban J connectivity index is 2.48. The van der Waals surface area contributed by atoms with Crippen LogP contribution in [0.1, 0.15) is 32.8 Å². The molecule has 5 nitrogen and oxygen atoms in total. The Bertz CT molecular complexity index is 447. The molecular weight excluding hydrogens is 268 g/mol. The SMILES string of the molecule is CCOc1cc(C(=N)N)ccc1OCCOCCC(C)C. The van der Waals surface area contributed by atoms with Crippen LogP contribution in [0.3, 0.4) is 0 Å². The summed E-state index contributed by atoms with van der Waals surface area (Å²) in [5.41, 5.74) is 6.10. The van der Waals surface area contributed by atoms with E-state index in [1.54, 1.807) is 18.2 Å². The number of benzene rings is 1. The van der Waals surface area contributed by atoms with Crippen LogP contribution >= 0.6 is 0 Å². The molecule has 0 aliphatic rings. The van der Waals surface area contributed by atoms with Gasteiger partial charge in [0.05, 0.1) is 13.2 Å². The van der Waals surface area contributed by atoms with Crippen LogP contribution in [0.25, 0.3) is 0 Å². The first kappa shape index (κ1) is 17.3. The van der Waals surface area contributed by atoms with E-state index in [-0.39, 0.29) is 5.84 Å². The summed E-state index contributed by atoms with van der Waals surface area (Å²) < 4.78 is 16.7. The Labute approximate surface area is 126 Å². The van der Waals surface area contributed by atoms with Gasteiger partial charge >= 0.3 is 0 Å². The standard InChI is InChI=1S/C16H26N2O3/c1-4-20-15-11-13(16(17)18)5-6-14(15)21-10-9-19-8-7-12(2)3/h5-6,11-12H,4,7-10H2,1-3H3,(H3,17,18). The molecule has 3 N–H and O–H groups in total. The second-order valence-corrected chi connectivity index (χ2v) is 5.15. The largest absolute Gasteiger partial charge is 0.490 e. The summed E-state index contributed by atoms with van der Waals surface area (Å²) in [6.07, 6.45) is 1.05. The normalized spacial score (nSPS) is 10.7. The molecule has 0 saturated carbocycles. The van der Waals surface area contributed by atoms with Crippen LogP contribution in [0, 0.1) is 11.3 Å². The highest BCUT2D eigenvalue weighted by Gasteiger charge is 2.08. The van der Waals surface area contributed by atoms with Gasteiger partial charge in [-0.2, -0.15) is 0 Å². The second kappa shape index (κ2) is 9.23. The first-order valence-electron chi connectivity index (χ1n) is 7.36. The van der Waals surface area contributed by atoms with Gasteiger partial charge in [0.25, 0.3) is 0 Å². The maximum atomic E-state index is 7.44. The lowest BCUT2D eigenvalue weighted by atomic mass is 10.1. The minimum atomic E-state index is 0.0134. The predicted octanol–water partition coefficient (Wildman–Crippen LogP) is 2.81. The molecule has 118 valence electrons. The van der Waals surface area contributed by atoms with Gasteiger partial charge in [-0.1, -0.05) is 13.8 Å². The zero-order valence-electron chi connectivity index (χ0n) is 13.1. The Kier molecular flexibility index (Phi) is 7.61. The number of rotatable bonds is 10. The molecule has 0 bridgehead atoms. The van der Waals surface area contributed by atoms with E-state index in [2.05, 4.69) is 13.8 Å². The molecule has 0 saturated heterocycles. The van der Waals surface area contributed by atoms with Gasteiger partial charge in [-0.05, 0) is 37.5 Å². The maximum Gasteiger partial charge on any atom is 0.161 e. The fourth-order valence-electron chi connectivity index (χ4n) is 1.69. The van der Waals surface area contributed by atoms with Crippen LogP contribution in [-0.2, 0) is 4.74 Å². The Morgan fingerprint density at radius 3 is 2.52 bits per heavy atom. The fourth-order valence-corrected chi connectivity index (χ4v) is 1.69. The van der Waals surface area contributed by atoms with E-state index in [4.69, 9.17) is 25.4 Å². The van der Waals surface area contributed by atoms with E-state index in [0.29, 0.717) is 42.8 Å². The smallest absolute Gasteiger partial charge is 0.161 e. The molecule has 0 aliphatic heterocycles. The average molecular weight is 294 g/mol. The Morgan fingerprint density at radius 2 is 1.90 bits per heavy atom. The molecule has 0 unspecified atom stereocenters. The van der Waals surface area contributed by atoms with Crippen molar-refractivity contribution >= 4 is 5.84 Å². The second-order valence-electron chi connectivity index (χ2n) is 5.15. The zero-order valence-corrected chi connectivity index (χ0v) is 13.1. The van der Waals surface area contributed by atoms with Crippen molar-refractivity contribution in [2.45, 2.75) is 27.2 Å². The molecule has 0 radical (unpaired) electrons. The first-order valence-corrected chi connectivity index (χ1v) is 7.36. The highest BCUT2D eigenvalue weighted by Crippen LogP contribution is 2.28. The van der Waals surface area contributed by atoms with Crippen molar-refractivity contribution in [3.63, 3.8) is 0 Å². The van der Waals surface area contributed by atoms with Crippen LogP contribution in [0.15, 0.2) is 18.2 Å². The van der Waals surface area contributed by atoms with Gasteiger partial charge in [-0.25, -0.2) is 0 Å². The van der Waals surface area contributed by atoms with Crippen LogP contribution in [0.4, 0.5) is 0 Å². The molecule has 5 heteroatoms. The quantitative estimate of drug-likeness (QED) is 0.395. The van der Waals surface area contributed by atoms with Crippen molar-refractivity contribution in [3.05, 3.63) is 23.8 Å². The van der Waals surface area contributed by atoms with E-state index >= 15 is 0 Å². The van der Waals surface area contributed by atoms with E-state index in [1.807, 2.05) is 6.92 Å². The number of nitrogens with two attached hydrogens (primary N) is 1. The summed E-state index contributed by atoms with van der Waals surface area (Å²) in [4.78, 5) is 0. The van der Waals surface area contributed by atoms with E-state index in [9.17, 15) is 0 Å². The summed E-state index contributed by atoms with van der Waals surface area (Å²) >= 11 is 0. The van der Waals surface area contributed by atoms with Gasteiger partial charge in [-0.15, -0.1) is 0 Å². The monoisotopic (exact) mass is 294 g/mol. The van der Waals surface area contributed by atoms with Crippen molar-refractivity contribution < 1.29 is 14.2 Å². The maximum absolute atomic E-state index is 7.44. The lowest BCUT2D eigenvalue weighted by Gasteiger charge is -2.13. The molecule has 0 atom stereocenters. The molecule has 1 aromatic carbocycles. The minimum Gasteiger partial charge on any atom is -0.490 e. The summed E-state index contributed by atoms with van der Waals surface area (Å²) in [6, 6.07) is 5.25. The van der Waals surface area contributed by atoms with Gasteiger partial charge in [0, 0.05) is 12.2 Å². The molecule has 1 aromatic rings. The predicted molar refractivity (Wildman–Crippen MR) is 84.4 cm³/mol.